The summed E-state index contributed by atoms with van der Waals surface area (Å²) in [7, 11) is 8.37. The first-order valence-corrected chi connectivity index (χ1v) is 25.5. The number of rotatable bonds is 9. The van der Waals surface area contributed by atoms with Gasteiger partial charge in [0.15, 0.2) is 0 Å². The van der Waals surface area contributed by atoms with E-state index in [0.717, 1.165) is 6.42 Å². The third-order valence-corrected chi connectivity index (χ3v) is 18.2. The van der Waals surface area contributed by atoms with E-state index in [4.69, 9.17) is 28.9 Å². The molecule has 1 aliphatic heterocycles. The Bertz CT molecular complexity index is 1070. The quantitative estimate of drug-likeness (QED) is 0.186. The number of morpholine rings is 1. The molecule has 248 valence electrons. The molecule has 1 atom stereocenters. The van der Waals surface area contributed by atoms with Gasteiger partial charge in [-0.2, -0.15) is 0 Å². The van der Waals surface area contributed by atoms with Crippen molar-refractivity contribution in [2.45, 2.75) is 145 Å². The molecule has 4 fully saturated rings. The van der Waals surface area contributed by atoms with Gasteiger partial charge in [0.25, 0.3) is 0 Å². The molecule has 0 radical (unpaired) electrons. The number of hydrogen-bond donors (Lipinski definition) is 0. The summed E-state index contributed by atoms with van der Waals surface area (Å²) in [6.45, 7) is 5.51. The molecule has 1 unspecified atom stereocenters. The van der Waals surface area contributed by atoms with Crippen molar-refractivity contribution in [3.63, 3.8) is 0 Å². The van der Waals surface area contributed by atoms with Crippen LogP contribution in [0.2, 0.25) is 0 Å². The summed E-state index contributed by atoms with van der Waals surface area (Å²) >= 11 is -2.12. The standard InChI is InChI=1S/C18H33P.C15H21NO4S.2ClH.Ru/c1-4-10-16(11-5-1)19(17-12-6-2-7-13-17)18-14-8-3-9-15-18;1-4-13(3)20-15-6-5-14(11-12(15)2)21(17,18)16-7-9-19-10-8-16;;;/h16-18H,1-15H2;2,5-6,11,13H,4,7-10H2,1,3H3;2*1H;/q;;;;+2/p-1. The molecule has 1 saturated heterocycles. The number of benzene rings is 1. The van der Waals surface area contributed by atoms with Gasteiger partial charge in [-0.05, 0) is 77.0 Å². The van der Waals surface area contributed by atoms with E-state index in [-0.39, 0.29) is 18.9 Å². The Morgan fingerprint density at radius 2 is 1.40 bits per heavy atom. The fourth-order valence-corrected chi connectivity index (χ4v) is 16.0. The minimum atomic E-state index is -3.56. The van der Waals surface area contributed by atoms with E-state index in [1.54, 1.807) is 119 Å². The van der Waals surface area contributed by atoms with Crippen LogP contribution >= 0.6 is 27.3 Å². The van der Waals surface area contributed by atoms with Crippen LogP contribution in [-0.4, -0.2) is 66.7 Å². The molecule has 0 bridgehead atoms. The van der Waals surface area contributed by atoms with Gasteiger partial charge in [-0.1, -0.05) is 19.3 Å². The predicted molar refractivity (Wildman–Crippen MR) is 182 cm³/mol. The fourth-order valence-electron chi connectivity index (χ4n) is 7.50. The molecule has 3 saturated carbocycles. The third kappa shape index (κ3) is 11.0. The summed E-state index contributed by atoms with van der Waals surface area (Å²) in [5.74, 6) is 0.602. The number of ether oxygens (including phenoxy) is 2. The van der Waals surface area contributed by atoms with Crippen LogP contribution in [0.1, 0.15) is 122 Å². The van der Waals surface area contributed by atoms with Gasteiger partial charge in [-0.15, -0.1) is 0 Å². The van der Waals surface area contributed by atoms with Gasteiger partial charge >= 0.3 is 157 Å². The van der Waals surface area contributed by atoms with Crippen LogP contribution in [0, 0.1) is 0 Å². The summed E-state index contributed by atoms with van der Waals surface area (Å²) in [5, 5.41) is 0. The monoisotopic (exact) mass is 764 g/mol. The first-order chi connectivity index (χ1) is 20.8. The normalized spacial score (nSPS) is 22.9. The van der Waals surface area contributed by atoms with Gasteiger partial charge < -0.3 is 0 Å². The average molecular weight is 765 g/mol. The molecule has 0 aromatic heterocycles. The summed E-state index contributed by atoms with van der Waals surface area (Å²) in [4.78, 5) is 0.218. The van der Waals surface area contributed by atoms with Gasteiger partial charge in [0, 0.05) is 7.92 Å². The fraction of sp³-hybridized carbons (Fsp3) is 0.788. The first-order valence-electron chi connectivity index (χ1n) is 16.9. The second-order valence-corrected chi connectivity index (χ2v) is 24.0. The zero-order valence-corrected chi connectivity index (χ0v) is 31.4. The van der Waals surface area contributed by atoms with Gasteiger partial charge in [-0.25, -0.2) is 0 Å². The second kappa shape index (κ2) is 18.7. The SMILES string of the molecule is C1CCC([PH+](C2CCCCC2)C2CCCCC2)CC1.CCC(C)Oc1ccc(S(=O)(=O)N2CCOCC2)cc1[CH]=[Ru]([Cl])[Cl]. The second-order valence-electron chi connectivity index (χ2n) is 12.9. The van der Waals surface area contributed by atoms with Crippen molar-refractivity contribution in [3.8, 4) is 5.75 Å². The van der Waals surface area contributed by atoms with Crippen molar-refractivity contribution in [1.29, 1.82) is 0 Å². The third-order valence-electron chi connectivity index (χ3n) is 9.91. The summed E-state index contributed by atoms with van der Waals surface area (Å²) in [6.07, 6.45) is 24.7. The molecule has 0 spiro atoms. The maximum absolute atomic E-state index is 12.8. The molecule has 3 aliphatic carbocycles. The number of sulfonamides is 1. The first kappa shape index (κ1) is 36.2. The number of hydrogen-bond acceptors (Lipinski definition) is 4. The molecular weight excluding hydrogens is 709 g/mol. The molecule has 0 amide bonds. The zero-order chi connectivity index (χ0) is 30.7. The van der Waals surface area contributed by atoms with Crippen LogP contribution in [0.4, 0.5) is 0 Å². The van der Waals surface area contributed by atoms with Crippen molar-refractivity contribution >= 4 is 41.9 Å². The van der Waals surface area contributed by atoms with Gasteiger partial charge in [0.1, 0.15) is 0 Å². The molecule has 1 aromatic rings. The molecule has 10 heteroatoms. The van der Waals surface area contributed by atoms with E-state index in [0.29, 0.717) is 37.6 Å². The Balaban J connectivity index is 0.000000202. The molecule has 1 heterocycles. The topological polar surface area (TPSA) is 55.8 Å². The summed E-state index contributed by atoms with van der Waals surface area (Å²) in [5.41, 5.74) is 4.31. The van der Waals surface area contributed by atoms with E-state index in [2.05, 4.69) is 0 Å². The van der Waals surface area contributed by atoms with Crippen molar-refractivity contribution in [2.24, 2.45) is 0 Å². The number of nitrogens with zero attached hydrogens (tertiary/aromatic N) is 1. The molecule has 1 aromatic carbocycles. The Hall–Kier alpha value is 0.393. The molecule has 5 rings (SSSR count). The number of halogens is 2. The Labute approximate surface area is 276 Å². The predicted octanol–water partition coefficient (Wildman–Crippen LogP) is 9.16. The molecular formula is C33H55Cl2NO4PRuS+. The van der Waals surface area contributed by atoms with E-state index in [1.807, 2.05) is 13.8 Å². The Kier molecular flexibility index (Phi) is 15.7. The molecule has 43 heavy (non-hydrogen) atoms. The average Bonchev–Trinajstić information content (AvgIpc) is 3.04. The van der Waals surface area contributed by atoms with E-state index in [9.17, 15) is 8.42 Å². The van der Waals surface area contributed by atoms with Crippen LogP contribution in [0.3, 0.4) is 0 Å². The van der Waals surface area contributed by atoms with Crippen molar-refractivity contribution in [3.05, 3.63) is 23.8 Å². The zero-order valence-electron chi connectivity index (χ0n) is 26.4. The summed E-state index contributed by atoms with van der Waals surface area (Å²) < 4.78 is 39.8. The van der Waals surface area contributed by atoms with E-state index >= 15 is 0 Å². The molecule has 0 N–H and O–H groups in total. The van der Waals surface area contributed by atoms with Gasteiger partial charge in [0.2, 0.25) is 0 Å². The van der Waals surface area contributed by atoms with Gasteiger partial charge in [-0.3, -0.25) is 0 Å². The maximum atomic E-state index is 12.8. The molecule has 4 aliphatic rings. The van der Waals surface area contributed by atoms with Crippen LogP contribution in [0.5, 0.6) is 5.75 Å². The van der Waals surface area contributed by atoms with Gasteiger partial charge in [0.05, 0.1) is 17.0 Å². The van der Waals surface area contributed by atoms with Crippen molar-refractivity contribution in [1.82, 2.24) is 4.31 Å². The van der Waals surface area contributed by atoms with Crippen molar-refractivity contribution in [2.75, 3.05) is 26.3 Å². The van der Waals surface area contributed by atoms with Crippen LogP contribution in [0.25, 0.3) is 0 Å². The Morgan fingerprint density at radius 3 is 1.84 bits per heavy atom. The van der Waals surface area contributed by atoms with E-state index in [1.165, 1.54) is 21.3 Å². The van der Waals surface area contributed by atoms with Crippen LogP contribution in [-0.2, 0) is 28.3 Å². The van der Waals surface area contributed by atoms with E-state index < -0.39 is 23.5 Å². The molecule has 5 nitrogen and oxygen atoms in total. The van der Waals surface area contributed by atoms with Crippen molar-refractivity contribution < 1.29 is 31.4 Å². The minimum absolute atomic E-state index is 0.0187. The summed E-state index contributed by atoms with van der Waals surface area (Å²) in [6, 6.07) is 4.84. The van der Waals surface area contributed by atoms with Crippen LogP contribution < -0.4 is 4.74 Å². The Morgan fingerprint density at radius 1 is 0.907 bits per heavy atom. The van der Waals surface area contributed by atoms with Crippen LogP contribution in [0.15, 0.2) is 23.1 Å².